The zero-order valence-electron chi connectivity index (χ0n) is 22.1. The standard InChI is InChI=1S/C31H36O4Si/c1-7-24(18-19-25-20-21-28(30(32)34-6)29(22-25)33-5)23-35-36(31(2,3)4,26-14-10-8-11-15-26)27-16-12-9-13-17-27/h8-17,20-22,24H,7,23H2,1-6H3/t24-/m0/s1. The summed E-state index contributed by atoms with van der Waals surface area (Å²) in [6.07, 6.45) is 0.864. The highest BCUT2D eigenvalue weighted by molar-refractivity contribution is 6.99. The lowest BCUT2D eigenvalue weighted by molar-refractivity contribution is 0.0597. The van der Waals surface area contributed by atoms with Gasteiger partial charge in [0.05, 0.1) is 14.2 Å². The topological polar surface area (TPSA) is 44.8 Å². The van der Waals surface area contributed by atoms with E-state index in [1.807, 2.05) is 6.07 Å². The summed E-state index contributed by atoms with van der Waals surface area (Å²) in [6, 6.07) is 26.6. The van der Waals surface area contributed by atoms with Gasteiger partial charge >= 0.3 is 5.97 Å². The van der Waals surface area contributed by atoms with Crippen molar-refractivity contribution in [1.82, 2.24) is 0 Å². The van der Waals surface area contributed by atoms with Crippen molar-refractivity contribution in [2.75, 3.05) is 20.8 Å². The van der Waals surface area contributed by atoms with Crippen molar-refractivity contribution >= 4 is 24.7 Å². The second kappa shape index (κ2) is 12.1. The first kappa shape index (κ1) is 27.3. The van der Waals surface area contributed by atoms with Crippen molar-refractivity contribution in [1.29, 1.82) is 0 Å². The maximum Gasteiger partial charge on any atom is 0.341 e. The molecule has 1 atom stereocenters. The van der Waals surface area contributed by atoms with Crippen LogP contribution in [0.25, 0.3) is 0 Å². The van der Waals surface area contributed by atoms with Crippen molar-refractivity contribution < 1.29 is 18.7 Å². The molecule has 0 aliphatic heterocycles. The van der Waals surface area contributed by atoms with Crippen molar-refractivity contribution in [3.63, 3.8) is 0 Å². The Labute approximate surface area is 216 Å². The molecule has 0 fully saturated rings. The Morgan fingerprint density at radius 3 is 1.97 bits per heavy atom. The Hall–Kier alpha value is -3.33. The normalized spacial score (nSPS) is 12.3. The average Bonchev–Trinajstić information content (AvgIpc) is 2.90. The molecule has 3 aromatic rings. The van der Waals surface area contributed by atoms with Crippen LogP contribution >= 0.6 is 0 Å². The molecular weight excluding hydrogens is 464 g/mol. The van der Waals surface area contributed by atoms with Crippen LogP contribution in [0.2, 0.25) is 5.04 Å². The Morgan fingerprint density at radius 2 is 1.50 bits per heavy atom. The number of esters is 1. The van der Waals surface area contributed by atoms with Crippen LogP contribution in [0.5, 0.6) is 5.75 Å². The van der Waals surface area contributed by atoms with Crippen LogP contribution in [0, 0.1) is 17.8 Å². The molecule has 0 heterocycles. The second-order valence-corrected chi connectivity index (χ2v) is 14.1. The molecule has 0 unspecified atom stereocenters. The van der Waals surface area contributed by atoms with Crippen LogP contribution in [0.1, 0.15) is 50.0 Å². The molecule has 4 nitrogen and oxygen atoms in total. The fraction of sp³-hybridized carbons (Fsp3) is 0.323. The number of carbonyl (C=O) groups excluding carboxylic acids is 1. The van der Waals surface area contributed by atoms with E-state index in [2.05, 4.69) is 100 Å². The van der Waals surface area contributed by atoms with Gasteiger partial charge in [0.1, 0.15) is 11.3 Å². The van der Waals surface area contributed by atoms with Crippen molar-refractivity contribution in [3.8, 4) is 17.6 Å². The third-order valence-electron chi connectivity index (χ3n) is 6.44. The van der Waals surface area contributed by atoms with Crippen LogP contribution in [-0.4, -0.2) is 35.1 Å². The Bertz CT molecular complexity index is 1160. The summed E-state index contributed by atoms with van der Waals surface area (Å²) < 4.78 is 17.3. The molecular formula is C31H36O4Si. The van der Waals surface area contributed by atoms with E-state index in [1.54, 1.807) is 12.1 Å². The summed E-state index contributed by atoms with van der Waals surface area (Å²) >= 11 is 0. The van der Waals surface area contributed by atoms with Crippen molar-refractivity contribution in [2.45, 2.75) is 39.2 Å². The smallest absolute Gasteiger partial charge is 0.341 e. The van der Waals surface area contributed by atoms with Gasteiger partial charge in [0.25, 0.3) is 8.32 Å². The van der Waals surface area contributed by atoms with Gasteiger partial charge in [-0.2, -0.15) is 0 Å². The summed E-state index contributed by atoms with van der Waals surface area (Å²) in [4.78, 5) is 12.0. The van der Waals surface area contributed by atoms with Gasteiger partial charge in [-0.05, 0) is 40.0 Å². The van der Waals surface area contributed by atoms with Crippen LogP contribution in [-0.2, 0) is 9.16 Å². The van der Waals surface area contributed by atoms with E-state index in [-0.39, 0.29) is 11.0 Å². The maximum atomic E-state index is 12.0. The number of carbonyl (C=O) groups is 1. The molecule has 0 bridgehead atoms. The molecule has 0 aliphatic carbocycles. The molecule has 0 saturated carbocycles. The van der Waals surface area contributed by atoms with Crippen LogP contribution in [0.15, 0.2) is 78.9 Å². The first-order valence-electron chi connectivity index (χ1n) is 12.3. The minimum Gasteiger partial charge on any atom is -0.496 e. The van der Waals surface area contributed by atoms with E-state index in [0.29, 0.717) is 17.9 Å². The predicted octanol–water partition coefficient (Wildman–Crippen LogP) is 5.44. The molecule has 0 spiro atoms. The molecule has 0 N–H and O–H groups in total. The molecule has 0 radical (unpaired) electrons. The van der Waals surface area contributed by atoms with Crippen LogP contribution in [0.4, 0.5) is 0 Å². The molecule has 0 saturated heterocycles. The van der Waals surface area contributed by atoms with E-state index in [4.69, 9.17) is 13.9 Å². The fourth-order valence-electron chi connectivity index (χ4n) is 4.48. The zero-order chi connectivity index (χ0) is 26.2. The van der Waals surface area contributed by atoms with Crippen molar-refractivity contribution in [2.24, 2.45) is 5.92 Å². The highest BCUT2D eigenvalue weighted by Crippen LogP contribution is 2.37. The molecule has 188 valence electrons. The number of benzene rings is 3. The van der Waals surface area contributed by atoms with Gasteiger partial charge in [0.2, 0.25) is 0 Å². The third-order valence-corrected chi connectivity index (χ3v) is 11.4. The zero-order valence-corrected chi connectivity index (χ0v) is 23.1. The fourth-order valence-corrected chi connectivity index (χ4v) is 9.09. The average molecular weight is 501 g/mol. The van der Waals surface area contributed by atoms with Gasteiger partial charge in [0, 0.05) is 18.1 Å². The first-order valence-corrected chi connectivity index (χ1v) is 14.2. The van der Waals surface area contributed by atoms with Gasteiger partial charge in [-0.3, -0.25) is 0 Å². The van der Waals surface area contributed by atoms with E-state index in [9.17, 15) is 4.79 Å². The first-order chi connectivity index (χ1) is 17.3. The summed E-state index contributed by atoms with van der Waals surface area (Å²) in [5, 5.41) is 2.43. The molecule has 0 aliphatic rings. The minimum atomic E-state index is -2.61. The highest BCUT2D eigenvalue weighted by Gasteiger charge is 2.50. The largest absolute Gasteiger partial charge is 0.496 e. The molecule has 3 aromatic carbocycles. The van der Waals surface area contributed by atoms with E-state index in [0.717, 1.165) is 12.0 Å². The predicted molar refractivity (Wildman–Crippen MR) is 149 cm³/mol. The Balaban J connectivity index is 1.94. The lowest BCUT2D eigenvalue weighted by Gasteiger charge is -2.43. The van der Waals surface area contributed by atoms with Gasteiger partial charge in [-0.15, -0.1) is 0 Å². The van der Waals surface area contributed by atoms with Gasteiger partial charge in [-0.1, -0.05) is 100 Å². The molecule has 0 amide bonds. The van der Waals surface area contributed by atoms with Gasteiger partial charge in [-0.25, -0.2) is 4.79 Å². The Kier molecular flexibility index (Phi) is 9.14. The lowest BCUT2D eigenvalue weighted by Crippen LogP contribution is -2.66. The van der Waals surface area contributed by atoms with E-state index < -0.39 is 14.3 Å². The summed E-state index contributed by atoms with van der Waals surface area (Å²) in [5.41, 5.74) is 1.16. The molecule has 36 heavy (non-hydrogen) atoms. The SMILES string of the molecule is CC[C@@H](C#Cc1ccc(C(=O)OC)c(OC)c1)CO[Si](c1ccccc1)(c1ccccc1)C(C)(C)C. The number of rotatable bonds is 8. The van der Waals surface area contributed by atoms with Crippen LogP contribution in [0.3, 0.4) is 0 Å². The lowest BCUT2D eigenvalue weighted by atomic mass is 10.1. The molecule has 3 rings (SSSR count). The van der Waals surface area contributed by atoms with Gasteiger partial charge in [0.15, 0.2) is 0 Å². The summed E-state index contributed by atoms with van der Waals surface area (Å²) in [6.45, 7) is 9.51. The number of hydrogen-bond donors (Lipinski definition) is 0. The van der Waals surface area contributed by atoms with Crippen LogP contribution < -0.4 is 15.1 Å². The summed E-state index contributed by atoms with van der Waals surface area (Å²) in [5.74, 6) is 6.73. The second-order valence-electron chi connectivity index (χ2n) is 9.76. The minimum absolute atomic E-state index is 0.0536. The van der Waals surface area contributed by atoms with E-state index >= 15 is 0 Å². The Morgan fingerprint density at radius 1 is 0.917 bits per heavy atom. The van der Waals surface area contributed by atoms with Crippen molar-refractivity contribution in [3.05, 3.63) is 90.0 Å². The number of ether oxygens (including phenoxy) is 2. The third kappa shape index (κ3) is 5.89. The number of hydrogen-bond acceptors (Lipinski definition) is 4. The molecule has 0 aromatic heterocycles. The van der Waals surface area contributed by atoms with E-state index in [1.165, 1.54) is 24.6 Å². The summed E-state index contributed by atoms with van der Waals surface area (Å²) in [7, 11) is 0.273. The highest BCUT2D eigenvalue weighted by atomic mass is 28.4. The molecule has 5 heteroatoms. The number of methoxy groups -OCH3 is 2. The van der Waals surface area contributed by atoms with Gasteiger partial charge < -0.3 is 13.9 Å². The monoisotopic (exact) mass is 500 g/mol. The maximum absolute atomic E-state index is 12.0. The quantitative estimate of drug-likeness (QED) is 0.235.